The largest absolute Gasteiger partial charge is 0.327 e. The number of thioether (sulfide) groups is 1. The maximum atomic E-state index is 5.40. The minimum atomic E-state index is 0.555. The monoisotopic (exact) mass is 180 g/mol. The molecule has 1 aromatic heterocycles. The van der Waals surface area contributed by atoms with Crippen LogP contribution < -0.4 is 5.73 Å². The van der Waals surface area contributed by atoms with Crippen LogP contribution in [0.4, 0.5) is 0 Å². The molecule has 0 aliphatic carbocycles. The van der Waals surface area contributed by atoms with Crippen LogP contribution in [0.15, 0.2) is 41.6 Å². The predicted molar refractivity (Wildman–Crippen MR) is 53.2 cm³/mol. The summed E-state index contributed by atoms with van der Waals surface area (Å²) in [4.78, 5) is 4.17. The molecule has 0 aromatic carbocycles. The van der Waals surface area contributed by atoms with E-state index in [9.17, 15) is 0 Å². The molecule has 1 aromatic rings. The van der Waals surface area contributed by atoms with Crippen LogP contribution in [-0.4, -0.2) is 17.3 Å². The van der Waals surface area contributed by atoms with Gasteiger partial charge in [0, 0.05) is 18.5 Å². The van der Waals surface area contributed by atoms with Crippen LogP contribution in [0.5, 0.6) is 0 Å². The first-order valence-corrected chi connectivity index (χ1v) is 4.72. The number of nitrogens with two attached hydrogens (primary N) is 1. The highest BCUT2D eigenvalue weighted by Gasteiger charge is 1.94. The van der Waals surface area contributed by atoms with Crippen molar-refractivity contribution in [2.75, 3.05) is 12.3 Å². The third-order valence-electron chi connectivity index (χ3n) is 1.35. The molecule has 0 amide bonds. The van der Waals surface area contributed by atoms with Gasteiger partial charge in [0.25, 0.3) is 0 Å². The van der Waals surface area contributed by atoms with Gasteiger partial charge in [-0.2, -0.15) is 0 Å². The Morgan fingerprint density at radius 1 is 1.58 bits per heavy atom. The van der Waals surface area contributed by atoms with Crippen molar-refractivity contribution in [3.8, 4) is 0 Å². The Kier molecular flexibility index (Phi) is 3.84. The molecule has 0 saturated carbocycles. The average molecular weight is 180 g/mol. The van der Waals surface area contributed by atoms with Crippen molar-refractivity contribution in [3.63, 3.8) is 0 Å². The number of hydrogen-bond acceptors (Lipinski definition) is 3. The molecular formula is C9H12N2S. The van der Waals surface area contributed by atoms with Crippen LogP contribution in [0.1, 0.15) is 0 Å². The zero-order valence-corrected chi connectivity index (χ0v) is 7.68. The summed E-state index contributed by atoms with van der Waals surface area (Å²) in [6.45, 7) is 4.37. The van der Waals surface area contributed by atoms with E-state index in [0.717, 1.165) is 16.4 Å². The second-order valence-corrected chi connectivity index (χ2v) is 3.41. The van der Waals surface area contributed by atoms with Crippen LogP contribution in [0.3, 0.4) is 0 Å². The summed E-state index contributed by atoms with van der Waals surface area (Å²) < 4.78 is 0. The van der Waals surface area contributed by atoms with Gasteiger partial charge in [-0.3, -0.25) is 0 Å². The highest BCUT2D eigenvalue weighted by Crippen LogP contribution is 2.15. The lowest BCUT2D eigenvalue weighted by Crippen LogP contribution is -2.03. The van der Waals surface area contributed by atoms with Crippen LogP contribution >= 0.6 is 11.8 Å². The third kappa shape index (κ3) is 3.07. The molecule has 12 heavy (non-hydrogen) atoms. The Labute approximate surface area is 76.9 Å². The van der Waals surface area contributed by atoms with Gasteiger partial charge in [-0.1, -0.05) is 18.2 Å². The molecule has 2 nitrogen and oxygen atoms in total. The number of rotatable bonds is 4. The fourth-order valence-corrected chi connectivity index (χ4v) is 1.45. The van der Waals surface area contributed by atoms with Gasteiger partial charge < -0.3 is 5.73 Å². The summed E-state index contributed by atoms with van der Waals surface area (Å²) in [6.07, 6.45) is 1.79. The van der Waals surface area contributed by atoms with Crippen molar-refractivity contribution in [2.45, 2.75) is 5.03 Å². The summed E-state index contributed by atoms with van der Waals surface area (Å²) in [5.41, 5.74) is 6.45. The average Bonchev–Trinajstić information content (AvgIpc) is 2.16. The zero-order valence-electron chi connectivity index (χ0n) is 6.86. The third-order valence-corrected chi connectivity index (χ3v) is 2.44. The van der Waals surface area contributed by atoms with Crippen LogP contribution in [0.2, 0.25) is 0 Å². The van der Waals surface area contributed by atoms with Gasteiger partial charge in [-0.25, -0.2) is 4.98 Å². The quantitative estimate of drug-likeness (QED) is 0.566. The zero-order chi connectivity index (χ0) is 8.81. The SMILES string of the molecule is C=C(CN)CSc1ccccn1. The molecule has 0 aliphatic rings. The maximum Gasteiger partial charge on any atom is 0.0962 e. The summed E-state index contributed by atoms with van der Waals surface area (Å²) in [5.74, 6) is 0.855. The molecule has 0 unspecified atom stereocenters. The minimum absolute atomic E-state index is 0.555. The summed E-state index contributed by atoms with van der Waals surface area (Å²) >= 11 is 1.66. The van der Waals surface area contributed by atoms with Gasteiger partial charge >= 0.3 is 0 Å². The highest BCUT2D eigenvalue weighted by molar-refractivity contribution is 7.99. The van der Waals surface area contributed by atoms with Gasteiger partial charge in [0.1, 0.15) is 0 Å². The Bertz CT molecular complexity index is 246. The summed E-state index contributed by atoms with van der Waals surface area (Å²) in [5, 5.41) is 1.02. The molecule has 64 valence electrons. The Hall–Kier alpha value is -0.800. The molecule has 0 saturated heterocycles. The van der Waals surface area contributed by atoms with Crippen molar-refractivity contribution in [1.29, 1.82) is 0 Å². The van der Waals surface area contributed by atoms with Crippen molar-refractivity contribution in [1.82, 2.24) is 4.98 Å². The van der Waals surface area contributed by atoms with Crippen molar-refractivity contribution in [2.24, 2.45) is 5.73 Å². The van der Waals surface area contributed by atoms with E-state index >= 15 is 0 Å². The molecular weight excluding hydrogens is 168 g/mol. The second-order valence-electron chi connectivity index (χ2n) is 2.41. The van der Waals surface area contributed by atoms with E-state index in [0.29, 0.717) is 6.54 Å². The molecule has 0 spiro atoms. The van der Waals surface area contributed by atoms with E-state index in [1.807, 2.05) is 18.2 Å². The number of aromatic nitrogens is 1. The van der Waals surface area contributed by atoms with E-state index < -0.39 is 0 Å². The molecule has 1 rings (SSSR count). The lowest BCUT2D eigenvalue weighted by molar-refractivity contribution is 1.12. The lowest BCUT2D eigenvalue weighted by atomic mass is 10.4. The molecule has 0 aliphatic heterocycles. The van der Waals surface area contributed by atoms with Crippen molar-refractivity contribution in [3.05, 3.63) is 36.5 Å². The van der Waals surface area contributed by atoms with Crippen LogP contribution in [-0.2, 0) is 0 Å². The molecule has 1 heterocycles. The van der Waals surface area contributed by atoms with E-state index in [2.05, 4.69) is 11.6 Å². The molecule has 0 radical (unpaired) electrons. The maximum absolute atomic E-state index is 5.40. The highest BCUT2D eigenvalue weighted by atomic mass is 32.2. The van der Waals surface area contributed by atoms with Crippen molar-refractivity contribution >= 4 is 11.8 Å². The fraction of sp³-hybridized carbons (Fsp3) is 0.222. The normalized spacial score (nSPS) is 9.75. The predicted octanol–water partition coefficient (Wildman–Crippen LogP) is 1.69. The van der Waals surface area contributed by atoms with Crippen LogP contribution in [0.25, 0.3) is 0 Å². The van der Waals surface area contributed by atoms with Gasteiger partial charge in [-0.05, 0) is 12.1 Å². The first-order valence-electron chi connectivity index (χ1n) is 3.73. The first-order chi connectivity index (χ1) is 5.83. The Morgan fingerprint density at radius 2 is 2.42 bits per heavy atom. The van der Waals surface area contributed by atoms with Crippen LogP contribution in [0, 0.1) is 0 Å². The fourth-order valence-electron chi connectivity index (χ4n) is 0.667. The van der Waals surface area contributed by atoms with E-state index in [4.69, 9.17) is 5.73 Å². The standard InChI is InChI=1S/C9H12N2S/c1-8(6-10)7-12-9-4-2-3-5-11-9/h2-5H,1,6-7,10H2. The summed E-state index contributed by atoms with van der Waals surface area (Å²) in [7, 11) is 0. The summed E-state index contributed by atoms with van der Waals surface area (Å²) in [6, 6.07) is 5.86. The first kappa shape index (κ1) is 9.29. The van der Waals surface area contributed by atoms with Gasteiger partial charge in [0.05, 0.1) is 5.03 Å². The Morgan fingerprint density at radius 3 is 3.00 bits per heavy atom. The number of hydrogen-bond donors (Lipinski definition) is 1. The molecule has 0 atom stereocenters. The Balaban J connectivity index is 2.38. The molecule has 3 heteroatoms. The van der Waals surface area contributed by atoms with E-state index in [1.165, 1.54) is 0 Å². The number of pyridine rings is 1. The molecule has 0 fully saturated rings. The number of nitrogens with zero attached hydrogens (tertiary/aromatic N) is 1. The minimum Gasteiger partial charge on any atom is -0.327 e. The molecule has 0 bridgehead atoms. The van der Waals surface area contributed by atoms with Gasteiger partial charge in [0.2, 0.25) is 0 Å². The molecule has 2 N–H and O–H groups in total. The second kappa shape index (κ2) is 4.95. The van der Waals surface area contributed by atoms with E-state index in [1.54, 1.807) is 18.0 Å². The van der Waals surface area contributed by atoms with Crippen molar-refractivity contribution < 1.29 is 0 Å². The van der Waals surface area contributed by atoms with Gasteiger partial charge in [-0.15, -0.1) is 11.8 Å². The lowest BCUT2D eigenvalue weighted by Gasteiger charge is -2.00. The van der Waals surface area contributed by atoms with E-state index in [-0.39, 0.29) is 0 Å². The smallest absolute Gasteiger partial charge is 0.0962 e. The topological polar surface area (TPSA) is 38.9 Å². The van der Waals surface area contributed by atoms with Gasteiger partial charge in [0.15, 0.2) is 0 Å².